The Labute approximate surface area is 143 Å². The summed E-state index contributed by atoms with van der Waals surface area (Å²) in [6.07, 6.45) is 0. The van der Waals surface area contributed by atoms with Crippen molar-refractivity contribution in [2.75, 3.05) is 0 Å². The summed E-state index contributed by atoms with van der Waals surface area (Å²) in [5.41, 5.74) is 1.96. The van der Waals surface area contributed by atoms with Crippen LogP contribution in [0.5, 0.6) is 0 Å². The van der Waals surface area contributed by atoms with E-state index in [1.54, 1.807) is 23.5 Å². The molecule has 0 saturated heterocycles. The van der Waals surface area contributed by atoms with Crippen LogP contribution in [-0.4, -0.2) is 25.2 Å². The van der Waals surface area contributed by atoms with Crippen molar-refractivity contribution in [3.05, 3.63) is 51.5 Å². The summed E-state index contributed by atoms with van der Waals surface area (Å²) in [6.45, 7) is 8.36. The minimum absolute atomic E-state index is 0.332. The van der Waals surface area contributed by atoms with Crippen molar-refractivity contribution in [3.63, 3.8) is 0 Å². The lowest BCUT2D eigenvalue weighted by Gasteiger charge is -2.23. The standard InChI is InChI=1S/C16H19FN6S/c1-10-5-6-12(17)13(7-10)23-14(20-21-22-23)8-18-16(3,4)15-19-11(2)9-24-15/h5-7,9,18H,8H2,1-4H3. The van der Waals surface area contributed by atoms with Crippen LogP contribution in [0, 0.1) is 19.7 Å². The summed E-state index contributed by atoms with van der Waals surface area (Å²) < 4.78 is 15.5. The molecule has 24 heavy (non-hydrogen) atoms. The molecule has 0 aliphatic heterocycles. The first-order valence-corrected chi connectivity index (χ1v) is 8.46. The van der Waals surface area contributed by atoms with Gasteiger partial charge in [0.05, 0.1) is 12.1 Å². The minimum atomic E-state index is -0.357. The summed E-state index contributed by atoms with van der Waals surface area (Å²) in [5.74, 6) is 0.185. The molecule has 0 bridgehead atoms. The SMILES string of the molecule is Cc1ccc(F)c(-n2nnnc2CNC(C)(C)c2nc(C)cs2)c1. The summed E-state index contributed by atoms with van der Waals surface area (Å²) >= 11 is 1.61. The Morgan fingerprint density at radius 2 is 2.08 bits per heavy atom. The minimum Gasteiger partial charge on any atom is -0.299 e. The zero-order valence-corrected chi connectivity index (χ0v) is 14.9. The second-order valence-corrected chi connectivity index (χ2v) is 7.09. The Morgan fingerprint density at radius 3 is 2.79 bits per heavy atom. The highest BCUT2D eigenvalue weighted by molar-refractivity contribution is 7.09. The molecule has 0 spiro atoms. The molecule has 3 aromatic rings. The molecule has 0 aliphatic rings. The number of hydrogen-bond donors (Lipinski definition) is 1. The largest absolute Gasteiger partial charge is 0.299 e. The lowest BCUT2D eigenvalue weighted by Crippen LogP contribution is -2.36. The van der Waals surface area contributed by atoms with Crippen LogP contribution in [0.2, 0.25) is 0 Å². The van der Waals surface area contributed by atoms with E-state index in [9.17, 15) is 4.39 Å². The van der Waals surface area contributed by atoms with Gasteiger partial charge in [-0.1, -0.05) is 6.07 Å². The molecule has 0 radical (unpaired) electrons. The monoisotopic (exact) mass is 346 g/mol. The van der Waals surface area contributed by atoms with E-state index in [2.05, 4.69) is 25.8 Å². The fourth-order valence-electron chi connectivity index (χ4n) is 2.30. The molecule has 0 saturated carbocycles. The Balaban J connectivity index is 1.82. The van der Waals surface area contributed by atoms with Gasteiger partial charge in [-0.05, 0) is 55.8 Å². The number of halogens is 1. The Hall–Kier alpha value is -2.19. The number of tetrazole rings is 1. The maximum Gasteiger partial charge on any atom is 0.170 e. The number of aromatic nitrogens is 5. The van der Waals surface area contributed by atoms with Crippen LogP contribution < -0.4 is 5.32 Å². The lowest BCUT2D eigenvalue weighted by atomic mass is 10.1. The van der Waals surface area contributed by atoms with Gasteiger partial charge in [0, 0.05) is 11.1 Å². The summed E-state index contributed by atoms with van der Waals surface area (Å²) in [6, 6.07) is 4.87. The highest BCUT2D eigenvalue weighted by atomic mass is 32.1. The zero-order valence-electron chi connectivity index (χ0n) is 14.0. The van der Waals surface area contributed by atoms with Crippen molar-refractivity contribution < 1.29 is 4.39 Å². The van der Waals surface area contributed by atoms with Gasteiger partial charge in [-0.3, -0.25) is 5.32 Å². The summed E-state index contributed by atoms with van der Waals surface area (Å²) in [5, 5.41) is 18.0. The number of aryl methyl sites for hydroxylation is 2. The van der Waals surface area contributed by atoms with Crippen molar-refractivity contribution in [2.45, 2.75) is 39.8 Å². The van der Waals surface area contributed by atoms with Gasteiger partial charge in [0.25, 0.3) is 0 Å². The molecule has 1 N–H and O–H groups in total. The fraction of sp³-hybridized carbons (Fsp3) is 0.375. The third-order valence-electron chi connectivity index (χ3n) is 3.71. The quantitative estimate of drug-likeness (QED) is 0.769. The van der Waals surface area contributed by atoms with Gasteiger partial charge in [0.1, 0.15) is 16.5 Å². The van der Waals surface area contributed by atoms with Crippen molar-refractivity contribution >= 4 is 11.3 Å². The normalized spacial score (nSPS) is 11.9. The first kappa shape index (κ1) is 16.7. The molecule has 3 rings (SSSR count). The van der Waals surface area contributed by atoms with Crippen LogP contribution >= 0.6 is 11.3 Å². The highest BCUT2D eigenvalue weighted by Crippen LogP contribution is 2.24. The van der Waals surface area contributed by atoms with Crippen LogP contribution in [0.4, 0.5) is 4.39 Å². The van der Waals surface area contributed by atoms with Gasteiger partial charge >= 0.3 is 0 Å². The summed E-state index contributed by atoms with van der Waals surface area (Å²) in [4.78, 5) is 4.53. The average molecular weight is 346 g/mol. The van der Waals surface area contributed by atoms with Gasteiger partial charge in [-0.25, -0.2) is 9.37 Å². The molecule has 6 nitrogen and oxygen atoms in total. The molecule has 1 aromatic carbocycles. The van der Waals surface area contributed by atoms with Crippen LogP contribution in [0.25, 0.3) is 5.69 Å². The van der Waals surface area contributed by atoms with Gasteiger partial charge in [-0.2, -0.15) is 4.68 Å². The topological polar surface area (TPSA) is 68.5 Å². The second-order valence-electron chi connectivity index (χ2n) is 6.23. The molecule has 0 amide bonds. The Morgan fingerprint density at radius 1 is 1.29 bits per heavy atom. The first-order chi connectivity index (χ1) is 11.4. The van der Waals surface area contributed by atoms with Gasteiger partial charge in [0.2, 0.25) is 0 Å². The van der Waals surface area contributed by atoms with E-state index in [0.717, 1.165) is 16.3 Å². The van der Waals surface area contributed by atoms with Gasteiger partial charge in [-0.15, -0.1) is 16.4 Å². The van der Waals surface area contributed by atoms with Crippen molar-refractivity contribution in [1.29, 1.82) is 0 Å². The van der Waals surface area contributed by atoms with Gasteiger partial charge in [0.15, 0.2) is 5.82 Å². The van der Waals surface area contributed by atoms with Crippen LogP contribution in [-0.2, 0) is 12.1 Å². The number of nitrogens with zero attached hydrogens (tertiary/aromatic N) is 5. The zero-order chi connectivity index (χ0) is 17.3. The molecular weight excluding hydrogens is 327 g/mol. The van der Waals surface area contributed by atoms with E-state index in [1.807, 2.05) is 33.1 Å². The Kier molecular flexibility index (Phi) is 4.42. The van der Waals surface area contributed by atoms with Crippen LogP contribution in [0.1, 0.15) is 35.9 Å². The van der Waals surface area contributed by atoms with E-state index in [-0.39, 0.29) is 11.4 Å². The van der Waals surface area contributed by atoms with Gasteiger partial charge < -0.3 is 0 Å². The number of hydrogen-bond acceptors (Lipinski definition) is 6. The number of thiazole rings is 1. The molecule has 0 unspecified atom stereocenters. The molecule has 0 aliphatic carbocycles. The predicted octanol–water partition coefficient (Wildman–Crippen LogP) is 2.90. The van der Waals surface area contributed by atoms with E-state index in [0.29, 0.717) is 18.1 Å². The smallest absolute Gasteiger partial charge is 0.170 e. The molecule has 2 heterocycles. The molecule has 0 fully saturated rings. The Bertz CT molecular complexity index is 854. The summed E-state index contributed by atoms with van der Waals surface area (Å²) in [7, 11) is 0. The van der Waals surface area contributed by atoms with E-state index < -0.39 is 0 Å². The lowest BCUT2D eigenvalue weighted by molar-refractivity contribution is 0.390. The average Bonchev–Trinajstić information content (AvgIpc) is 3.17. The number of nitrogens with one attached hydrogen (secondary N) is 1. The van der Waals surface area contributed by atoms with Crippen molar-refractivity contribution in [1.82, 2.24) is 30.5 Å². The van der Waals surface area contributed by atoms with Crippen molar-refractivity contribution in [3.8, 4) is 5.69 Å². The third kappa shape index (κ3) is 3.34. The van der Waals surface area contributed by atoms with Crippen molar-refractivity contribution in [2.24, 2.45) is 0 Å². The van der Waals surface area contributed by atoms with Crippen LogP contribution in [0.3, 0.4) is 0 Å². The fourth-order valence-corrected chi connectivity index (χ4v) is 3.20. The molecule has 0 atom stereocenters. The number of rotatable bonds is 5. The predicted molar refractivity (Wildman–Crippen MR) is 90.6 cm³/mol. The highest BCUT2D eigenvalue weighted by Gasteiger charge is 2.24. The van der Waals surface area contributed by atoms with E-state index >= 15 is 0 Å². The maximum atomic E-state index is 14.1. The third-order valence-corrected chi connectivity index (χ3v) is 4.99. The van der Waals surface area contributed by atoms with E-state index in [1.165, 1.54) is 10.7 Å². The van der Waals surface area contributed by atoms with E-state index in [4.69, 9.17) is 0 Å². The number of benzene rings is 1. The maximum absolute atomic E-state index is 14.1. The molecule has 8 heteroatoms. The molecule has 126 valence electrons. The first-order valence-electron chi connectivity index (χ1n) is 7.58. The van der Waals surface area contributed by atoms with Crippen LogP contribution in [0.15, 0.2) is 23.6 Å². The molecular formula is C16H19FN6S. The molecule has 2 aromatic heterocycles. The second kappa shape index (κ2) is 6.37.